The van der Waals surface area contributed by atoms with Crippen LogP contribution in [0.3, 0.4) is 0 Å². The molecule has 1 amide bonds. The summed E-state index contributed by atoms with van der Waals surface area (Å²) >= 11 is 0. The van der Waals surface area contributed by atoms with Crippen LogP contribution in [-0.2, 0) is 20.8 Å². The number of hydrogen-bond acceptors (Lipinski definition) is 8. The molecular formula is C27H35N2O8-. The van der Waals surface area contributed by atoms with E-state index in [4.69, 9.17) is 34.0 Å². The Hall–Kier alpha value is -3.79. The fourth-order valence-electron chi connectivity index (χ4n) is 4.18. The van der Waals surface area contributed by atoms with Crippen molar-refractivity contribution in [1.29, 1.82) is 0 Å². The minimum absolute atomic E-state index is 0.267. The topological polar surface area (TPSA) is 133 Å². The van der Waals surface area contributed by atoms with Gasteiger partial charge in [0.1, 0.15) is 5.75 Å². The van der Waals surface area contributed by atoms with Gasteiger partial charge in [-0.25, -0.2) is 0 Å². The first-order valence-corrected chi connectivity index (χ1v) is 12.0. The number of nitrogens with zero attached hydrogens (tertiary/aromatic N) is 1. The van der Waals surface area contributed by atoms with Crippen LogP contribution in [0, 0.1) is 0 Å². The number of rotatable bonds is 11. The van der Waals surface area contributed by atoms with E-state index in [9.17, 15) is 4.79 Å². The predicted molar refractivity (Wildman–Crippen MR) is 131 cm³/mol. The van der Waals surface area contributed by atoms with Crippen molar-refractivity contribution in [2.75, 3.05) is 54.6 Å². The van der Waals surface area contributed by atoms with Crippen LogP contribution in [0.2, 0.25) is 0 Å². The Labute approximate surface area is 217 Å². The lowest BCUT2D eigenvalue weighted by atomic mass is 9.98. The van der Waals surface area contributed by atoms with Gasteiger partial charge in [-0.15, -0.1) is 0 Å². The first-order chi connectivity index (χ1) is 17.7. The second-order valence-electron chi connectivity index (χ2n) is 8.84. The summed E-state index contributed by atoms with van der Waals surface area (Å²) < 4.78 is 15.9. The summed E-state index contributed by atoms with van der Waals surface area (Å²) in [6, 6.07) is 14.2. The second kappa shape index (κ2) is 14.7. The highest BCUT2D eigenvalue weighted by Crippen LogP contribution is 2.29. The Morgan fingerprint density at radius 3 is 2.16 bits per heavy atom. The number of likely N-dealkylation sites (tertiary alicyclic amines) is 1. The number of carboxylic acid groups (broad SMARTS) is 2. The summed E-state index contributed by atoms with van der Waals surface area (Å²) in [5.74, 6) is -1.43. The molecule has 1 N–H and O–H groups in total. The molecule has 1 heterocycles. The maximum absolute atomic E-state index is 12.5. The van der Waals surface area contributed by atoms with Crippen LogP contribution >= 0.6 is 0 Å². The lowest BCUT2D eigenvalue weighted by Crippen LogP contribution is -3.09. The monoisotopic (exact) mass is 515 g/mol. The van der Waals surface area contributed by atoms with Crippen molar-refractivity contribution in [2.24, 2.45) is 0 Å². The summed E-state index contributed by atoms with van der Waals surface area (Å²) in [6.45, 7) is 3.73. The summed E-state index contributed by atoms with van der Waals surface area (Å²) in [4.78, 5) is 33.8. The molecule has 0 bridgehead atoms. The lowest BCUT2D eigenvalue weighted by molar-refractivity contribution is -0.879. The Kier molecular flexibility index (Phi) is 11.7. The highest BCUT2D eigenvalue weighted by atomic mass is 16.5. The van der Waals surface area contributed by atoms with E-state index in [-0.39, 0.29) is 11.8 Å². The van der Waals surface area contributed by atoms with Crippen LogP contribution in [0.5, 0.6) is 17.2 Å². The van der Waals surface area contributed by atoms with E-state index in [0.717, 1.165) is 56.3 Å². The number of ether oxygens (including phenoxy) is 3. The van der Waals surface area contributed by atoms with Crippen LogP contribution in [0.1, 0.15) is 29.9 Å². The van der Waals surface area contributed by atoms with Crippen molar-refractivity contribution in [3.8, 4) is 17.2 Å². The number of carbonyl (C=O) groups is 3. The summed E-state index contributed by atoms with van der Waals surface area (Å²) in [5, 5.41) is 17.9. The molecule has 3 rings (SSSR count). The van der Waals surface area contributed by atoms with Crippen molar-refractivity contribution in [1.82, 2.24) is 4.90 Å². The predicted octanol–water partition coefficient (Wildman–Crippen LogP) is -1.34. The fraction of sp³-hybridized carbons (Fsp3) is 0.444. The van der Waals surface area contributed by atoms with Gasteiger partial charge in [-0.3, -0.25) is 4.79 Å². The zero-order valence-corrected chi connectivity index (χ0v) is 21.8. The van der Waals surface area contributed by atoms with E-state index in [2.05, 4.69) is 25.2 Å². The number of quaternary nitrogens is 1. The van der Waals surface area contributed by atoms with Gasteiger partial charge in [0.05, 0.1) is 53.4 Å². The maximum Gasteiger partial charge on any atom is 0.223 e. The highest BCUT2D eigenvalue weighted by Gasteiger charge is 2.30. The van der Waals surface area contributed by atoms with Crippen LogP contribution in [0.4, 0.5) is 0 Å². The number of methoxy groups -OCH3 is 3. The summed E-state index contributed by atoms with van der Waals surface area (Å²) in [7, 11) is 7.20. The van der Waals surface area contributed by atoms with E-state index < -0.39 is 11.9 Å². The minimum Gasteiger partial charge on any atom is -0.543 e. The molecule has 0 aromatic heterocycles. The van der Waals surface area contributed by atoms with Gasteiger partial charge in [-0.2, -0.15) is 0 Å². The van der Waals surface area contributed by atoms with Crippen LogP contribution in [0.25, 0.3) is 0 Å². The Balaban J connectivity index is 0.000000717. The second-order valence-corrected chi connectivity index (χ2v) is 8.84. The number of carbonyl (C=O) groups excluding carboxylic acids is 3. The number of amides is 1. The number of carboxylic acids is 2. The third-order valence-corrected chi connectivity index (χ3v) is 6.29. The minimum atomic E-state index is -2.19. The molecule has 10 heteroatoms. The third-order valence-electron chi connectivity index (χ3n) is 6.29. The van der Waals surface area contributed by atoms with Crippen molar-refractivity contribution in [3.05, 3.63) is 53.6 Å². The largest absolute Gasteiger partial charge is 0.543 e. The maximum atomic E-state index is 12.5. The van der Waals surface area contributed by atoms with Gasteiger partial charge >= 0.3 is 0 Å². The van der Waals surface area contributed by atoms with E-state index in [1.165, 1.54) is 16.0 Å². The summed E-state index contributed by atoms with van der Waals surface area (Å²) in [5.41, 5.74) is 2.46. The quantitative estimate of drug-likeness (QED) is 0.364. The molecule has 2 aromatic rings. The Morgan fingerprint density at radius 2 is 1.59 bits per heavy atom. The molecule has 1 aliphatic heterocycles. The zero-order chi connectivity index (χ0) is 27.4. The van der Waals surface area contributed by atoms with Crippen molar-refractivity contribution < 1.29 is 43.7 Å². The third kappa shape index (κ3) is 9.30. The first-order valence-electron chi connectivity index (χ1n) is 12.0. The molecule has 0 aliphatic carbocycles. The normalized spacial score (nSPS) is 15.4. The van der Waals surface area contributed by atoms with Gasteiger partial charge < -0.3 is 43.8 Å². The van der Waals surface area contributed by atoms with Crippen molar-refractivity contribution >= 4 is 17.8 Å². The molecule has 0 spiro atoms. The van der Waals surface area contributed by atoms with Crippen LogP contribution in [-0.4, -0.2) is 77.3 Å². The van der Waals surface area contributed by atoms with Gasteiger partial charge in [0, 0.05) is 38.3 Å². The molecule has 1 aliphatic rings. The smallest absolute Gasteiger partial charge is 0.223 e. The van der Waals surface area contributed by atoms with E-state index >= 15 is 0 Å². The van der Waals surface area contributed by atoms with Gasteiger partial charge in [-0.1, -0.05) is 18.2 Å². The lowest BCUT2D eigenvalue weighted by Gasteiger charge is -2.19. The van der Waals surface area contributed by atoms with Crippen LogP contribution in [0.15, 0.2) is 42.5 Å². The number of hydrogen-bond donors (Lipinski definition) is 1. The Morgan fingerprint density at radius 1 is 0.946 bits per heavy atom. The molecule has 10 nitrogen and oxygen atoms in total. The standard InChI is InChI=1S/C25H34N2O4.C2H2O4/c1-26(15-12-19-6-11-23(30-3)24(16-19)31-4)13-5-14-27-18-21(17-25(27)28)20-7-9-22(29-2)10-8-20;3-1(4)2(5)6/h6-11,16,21H,5,12-15,17-18H2,1-4H3;(H,3,4)(H,5,6)/p-1. The molecule has 37 heavy (non-hydrogen) atoms. The van der Waals surface area contributed by atoms with Crippen molar-refractivity contribution in [3.63, 3.8) is 0 Å². The van der Waals surface area contributed by atoms with Gasteiger partial charge in [0.2, 0.25) is 5.91 Å². The molecule has 2 atom stereocenters. The molecule has 1 saturated heterocycles. The van der Waals surface area contributed by atoms with E-state index in [1.54, 1.807) is 21.3 Å². The van der Waals surface area contributed by atoms with Gasteiger partial charge in [0.25, 0.3) is 0 Å². The Bertz CT molecular complexity index is 1030. The molecule has 1 fully saturated rings. The van der Waals surface area contributed by atoms with E-state index in [1.807, 2.05) is 29.2 Å². The number of nitrogens with one attached hydrogen (secondary N) is 1. The molecule has 0 saturated carbocycles. The number of aliphatic carboxylic acids is 2. The fourth-order valence-corrected chi connectivity index (χ4v) is 4.18. The SMILES string of the molecule is COc1ccc(C2CC(=O)N(CCC[NH+](C)CCc3ccc(OC)c(OC)c3)C2)cc1.O=C([O-])C(=O)[O-]. The van der Waals surface area contributed by atoms with Crippen LogP contribution < -0.4 is 29.3 Å². The number of likely N-dealkylation sites (N-methyl/N-ethyl adjacent to an activating group) is 1. The molecule has 0 radical (unpaired) electrons. The average Bonchev–Trinajstić information content (AvgIpc) is 3.27. The molecular weight excluding hydrogens is 480 g/mol. The first kappa shape index (κ1) is 29.4. The summed E-state index contributed by atoms with van der Waals surface area (Å²) in [6.07, 6.45) is 2.60. The number of benzene rings is 2. The molecule has 2 aromatic carbocycles. The van der Waals surface area contributed by atoms with E-state index in [0.29, 0.717) is 6.42 Å². The highest BCUT2D eigenvalue weighted by molar-refractivity contribution is 6.25. The van der Waals surface area contributed by atoms with Gasteiger partial charge in [0.15, 0.2) is 11.5 Å². The van der Waals surface area contributed by atoms with Gasteiger partial charge in [-0.05, 0) is 35.4 Å². The average molecular weight is 516 g/mol. The van der Waals surface area contributed by atoms with Crippen molar-refractivity contribution in [2.45, 2.75) is 25.2 Å². The molecule has 202 valence electrons. The zero-order valence-electron chi connectivity index (χ0n) is 21.8. The molecule has 2 unspecified atom stereocenters.